The lowest BCUT2D eigenvalue weighted by atomic mass is 9.99. The first kappa shape index (κ1) is 16.1. The SMILES string of the molecule is CC1CCN(C(=O)CS(=O)(=O)c2nnc(-c3cccs3)o2)CC1. The van der Waals surface area contributed by atoms with Crippen molar-refractivity contribution in [3.05, 3.63) is 17.5 Å². The second kappa shape index (κ2) is 6.40. The number of piperidine rings is 1. The van der Waals surface area contributed by atoms with Crippen LogP contribution in [0.3, 0.4) is 0 Å². The van der Waals surface area contributed by atoms with Gasteiger partial charge < -0.3 is 9.32 Å². The van der Waals surface area contributed by atoms with Gasteiger partial charge in [0.25, 0.3) is 5.89 Å². The Morgan fingerprint density at radius 1 is 1.39 bits per heavy atom. The van der Waals surface area contributed by atoms with Gasteiger partial charge in [-0.2, -0.15) is 0 Å². The first-order valence-corrected chi connectivity index (χ1v) is 9.87. The predicted octanol–water partition coefficient (Wildman–Crippen LogP) is 1.83. The van der Waals surface area contributed by atoms with Crippen LogP contribution >= 0.6 is 11.3 Å². The minimum absolute atomic E-state index is 0.151. The highest BCUT2D eigenvalue weighted by Crippen LogP contribution is 2.25. The quantitative estimate of drug-likeness (QED) is 0.830. The molecule has 3 rings (SSSR count). The molecule has 1 fully saturated rings. The van der Waals surface area contributed by atoms with Gasteiger partial charge in [0.15, 0.2) is 0 Å². The van der Waals surface area contributed by atoms with Crippen LogP contribution in [0, 0.1) is 5.92 Å². The maximum atomic E-state index is 12.3. The Balaban J connectivity index is 1.70. The lowest BCUT2D eigenvalue weighted by Gasteiger charge is -2.30. The largest absolute Gasteiger partial charge is 0.407 e. The molecule has 0 atom stereocenters. The molecule has 0 aliphatic carbocycles. The Hall–Kier alpha value is -1.74. The summed E-state index contributed by atoms with van der Waals surface area (Å²) in [4.78, 5) is 14.5. The molecule has 1 amide bonds. The third kappa shape index (κ3) is 3.61. The van der Waals surface area contributed by atoms with Crippen LogP contribution in [-0.4, -0.2) is 48.3 Å². The Morgan fingerprint density at radius 2 is 2.13 bits per heavy atom. The Labute approximate surface area is 138 Å². The van der Waals surface area contributed by atoms with Crippen molar-refractivity contribution in [1.29, 1.82) is 0 Å². The molecule has 124 valence electrons. The highest BCUT2D eigenvalue weighted by Gasteiger charge is 2.30. The molecule has 7 nitrogen and oxygen atoms in total. The van der Waals surface area contributed by atoms with Gasteiger partial charge in [0.1, 0.15) is 5.75 Å². The fraction of sp³-hybridized carbons (Fsp3) is 0.500. The van der Waals surface area contributed by atoms with E-state index < -0.39 is 26.7 Å². The van der Waals surface area contributed by atoms with Crippen molar-refractivity contribution in [3.63, 3.8) is 0 Å². The number of hydrogen-bond donors (Lipinski definition) is 0. The van der Waals surface area contributed by atoms with Crippen molar-refractivity contribution < 1.29 is 17.6 Å². The van der Waals surface area contributed by atoms with Crippen LogP contribution in [0.1, 0.15) is 19.8 Å². The average Bonchev–Trinajstić information content (AvgIpc) is 3.19. The van der Waals surface area contributed by atoms with E-state index in [1.165, 1.54) is 11.3 Å². The van der Waals surface area contributed by atoms with Crippen LogP contribution < -0.4 is 0 Å². The van der Waals surface area contributed by atoms with E-state index in [4.69, 9.17) is 4.42 Å². The number of sulfone groups is 1. The molecule has 23 heavy (non-hydrogen) atoms. The molecule has 3 heterocycles. The van der Waals surface area contributed by atoms with E-state index in [-0.39, 0.29) is 5.89 Å². The van der Waals surface area contributed by atoms with Crippen LogP contribution in [0.4, 0.5) is 0 Å². The highest BCUT2D eigenvalue weighted by atomic mass is 32.2. The molecule has 0 radical (unpaired) electrons. The molecule has 9 heteroatoms. The molecule has 0 spiro atoms. The minimum atomic E-state index is -3.92. The average molecular weight is 355 g/mol. The van der Waals surface area contributed by atoms with Gasteiger partial charge in [-0.25, -0.2) is 8.42 Å². The van der Waals surface area contributed by atoms with Crippen molar-refractivity contribution in [2.75, 3.05) is 18.8 Å². The van der Waals surface area contributed by atoms with Gasteiger partial charge in [-0.05, 0) is 30.2 Å². The van der Waals surface area contributed by atoms with Crippen molar-refractivity contribution in [2.45, 2.75) is 25.0 Å². The van der Waals surface area contributed by atoms with Gasteiger partial charge in [0.2, 0.25) is 15.7 Å². The number of amides is 1. The van der Waals surface area contributed by atoms with Crippen LogP contribution in [0.15, 0.2) is 27.2 Å². The first-order valence-electron chi connectivity index (χ1n) is 7.33. The summed E-state index contributed by atoms with van der Waals surface area (Å²) in [5, 5.41) is 8.66. The number of aromatic nitrogens is 2. The monoisotopic (exact) mass is 355 g/mol. The molecule has 0 saturated carbocycles. The van der Waals surface area contributed by atoms with E-state index in [1.54, 1.807) is 17.0 Å². The van der Waals surface area contributed by atoms with Gasteiger partial charge in [-0.1, -0.05) is 18.1 Å². The summed E-state index contributed by atoms with van der Waals surface area (Å²) < 4.78 is 29.8. The second-order valence-corrected chi connectivity index (χ2v) is 8.49. The van der Waals surface area contributed by atoms with Crippen molar-refractivity contribution in [3.8, 4) is 10.8 Å². The standard InChI is InChI=1S/C14H17N3O4S2/c1-10-4-6-17(7-5-10)12(18)9-23(19,20)14-16-15-13(21-14)11-3-2-8-22-11/h2-3,8,10H,4-7,9H2,1H3. The van der Waals surface area contributed by atoms with Gasteiger partial charge in [-0.15, -0.1) is 16.4 Å². The van der Waals surface area contributed by atoms with E-state index >= 15 is 0 Å². The zero-order chi connectivity index (χ0) is 16.4. The lowest BCUT2D eigenvalue weighted by molar-refractivity contribution is -0.129. The number of carbonyl (C=O) groups is 1. The van der Waals surface area contributed by atoms with Crippen LogP contribution in [-0.2, 0) is 14.6 Å². The summed E-state index contributed by atoms with van der Waals surface area (Å²) in [6.45, 7) is 3.32. The summed E-state index contributed by atoms with van der Waals surface area (Å²) >= 11 is 1.37. The molecule has 2 aromatic rings. The van der Waals surface area contributed by atoms with Crippen LogP contribution in [0.5, 0.6) is 0 Å². The molecule has 0 aromatic carbocycles. The van der Waals surface area contributed by atoms with E-state index in [9.17, 15) is 13.2 Å². The molecule has 0 bridgehead atoms. The summed E-state index contributed by atoms with van der Waals surface area (Å²) in [6.07, 6.45) is 1.80. The molecule has 1 aliphatic heterocycles. The second-order valence-electron chi connectivity index (χ2n) is 5.67. The Morgan fingerprint density at radius 3 is 2.78 bits per heavy atom. The fourth-order valence-electron chi connectivity index (χ4n) is 2.41. The normalized spacial score (nSPS) is 16.7. The topological polar surface area (TPSA) is 93.4 Å². The zero-order valence-electron chi connectivity index (χ0n) is 12.6. The van der Waals surface area contributed by atoms with E-state index in [0.29, 0.717) is 23.9 Å². The third-order valence-electron chi connectivity index (χ3n) is 3.85. The summed E-state index contributed by atoms with van der Waals surface area (Å²) in [7, 11) is -3.92. The number of thiophene rings is 1. The minimum Gasteiger partial charge on any atom is -0.407 e. The van der Waals surface area contributed by atoms with Crippen molar-refractivity contribution in [1.82, 2.24) is 15.1 Å². The van der Waals surface area contributed by atoms with Gasteiger partial charge in [0.05, 0.1) is 4.88 Å². The molecule has 1 saturated heterocycles. The summed E-state index contributed by atoms with van der Waals surface area (Å²) in [5.41, 5.74) is 0. The molecular formula is C14H17N3O4S2. The molecule has 0 N–H and O–H groups in total. The summed E-state index contributed by atoms with van der Waals surface area (Å²) in [5.74, 6) is -0.321. The Bertz CT molecular complexity index is 775. The van der Waals surface area contributed by atoms with E-state index in [2.05, 4.69) is 17.1 Å². The van der Waals surface area contributed by atoms with E-state index in [1.807, 2.05) is 5.38 Å². The fourth-order valence-corrected chi connectivity index (χ4v) is 4.06. The van der Waals surface area contributed by atoms with Gasteiger partial charge in [-0.3, -0.25) is 4.79 Å². The first-order chi connectivity index (χ1) is 11.0. The number of rotatable bonds is 4. The van der Waals surface area contributed by atoms with E-state index in [0.717, 1.165) is 12.8 Å². The zero-order valence-corrected chi connectivity index (χ0v) is 14.3. The number of hydrogen-bond acceptors (Lipinski definition) is 7. The molecule has 0 unspecified atom stereocenters. The van der Waals surface area contributed by atoms with Gasteiger partial charge >= 0.3 is 5.22 Å². The number of nitrogens with zero attached hydrogens (tertiary/aromatic N) is 3. The van der Waals surface area contributed by atoms with Crippen LogP contribution in [0.2, 0.25) is 0 Å². The molecular weight excluding hydrogens is 338 g/mol. The third-order valence-corrected chi connectivity index (χ3v) is 6.04. The maximum absolute atomic E-state index is 12.3. The Kier molecular flexibility index (Phi) is 4.49. The van der Waals surface area contributed by atoms with Crippen molar-refractivity contribution >= 4 is 27.1 Å². The maximum Gasteiger partial charge on any atom is 0.336 e. The van der Waals surface area contributed by atoms with Gasteiger partial charge in [0, 0.05) is 13.1 Å². The molecule has 1 aliphatic rings. The lowest BCUT2D eigenvalue weighted by Crippen LogP contribution is -2.41. The highest BCUT2D eigenvalue weighted by molar-refractivity contribution is 7.91. The number of carbonyl (C=O) groups excluding carboxylic acids is 1. The molecule has 2 aromatic heterocycles. The summed E-state index contributed by atoms with van der Waals surface area (Å²) in [6, 6.07) is 3.56. The predicted molar refractivity (Wildman–Crippen MR) is 84.6 cm³/mol. The smallest absolute Gasteiger partial charge is 0.336 e. The van der Waals surface area contributed by atoms with Crippen molar-refractivity contribution in [2.24, 2.45) is 5.92 Å². The number of likely N-dealkylation sites (tertiary alicyclic amines) is 1. The van der Waals surface area contributed by atoms with Crippen LogP contribution in [0.25, 0.3) is 10.8 Å².